The van der Waals surface area contributed by atoms with Crippen molar-refractivity contribution in [2.75, 3.05) is 61.4 Å². The van der Waals surface area contributed by atoms with Crippen molar-refractivity contribution < 1.29 is 14.7 Å². The van der Waals surface area contributed by atoms with E-state index in [4.69, 9.17) is 0 Å². The first-order chi connectivity index (χ1) is 9.52. The number of hydrogen-bond acceptors (Lipinski definition) is 0. The molecule has 0 spiro atoms. The number of unbranched alkanes of at least 4 members (excludes halogenated alkanes) is 6. The molecule has 0 aromatic rings. The van der Waals surface area contributed by atoms with Crippen LogP contribution in [0, 0.1) is 0 Å². The van der Waals surface area contributed by atoms with E-state index in [1.807, 2.05) is 0 Å². The van der Waals surface area contributed by atoms with Gasteiger partial charge in [0.2, 0.25) is 0 Å². The van der Waals surface area contributed by atoms with E-state index >= 15 is 0 Å². The molecule has 0 heterocycles. The lowest BCUT2D eigenvalue weighted by molar-refractivity contribution is -0.880. The Morgan fingerprint density at radius 1 is 0.400 bits per heavy atom. The van der Waals surface area contributed by atoms with Crippen molar-refractivity contribution in [3.63, 3.8) is 0 Å². The van der Waals surface area contributed by atoms with Crippen molar-refractivity contribution in [2.45, 2.75) is 51.4 Å². The predicted octanol–water partition coefficient (Wildman–Crippen LogP) is -1.09. The minimum atomic E-state index is 1.33. The van der Waals surface area contributed by atoms with Crippen molar-refractivity contribution in [3.8, 4) is 0 Å². The Balaban J connectivity index is 3.18. The molecule has 0 rings (SSSR count). The normalized spacial score (nSPS) is 12.0. The van der Waals surface area contributed by atoms with Crippen molar-refractivity contribution in [1.82, 2.24) is 0 Å². The molecular formula is C17H42N3+3. The Hall–Kier alpha value is -0.120. The van der Waals surface area contributed by atoms with Gasteiger partial charge in [-0.3, -0.25) is 0 Å². The summed E-state index contributed by atoms with van der Waals surface area (Å²) >= 11 is 0. The van der Waals surface area contributed by atoms with Gasteiger partial charge >= 0.3 is 0 Å². The molecule has 0 atom stereocenters. The molecule has 0 aliphatic carbocycles. The van der Waals surface area contributed by atoms with E-state index in [0.717, 1.165) is 0 Å². The Labute approximate surface area is 128 Å². The maximum absolute atomic E-state index is 2.37. The smallest absolute Gasteiger partial charge is 0.0768 e. The zero-order chi connectivity index (χ0) is 15.2. The molecule has 0 bridgehead atoms. The fourth-order valence-electron chi connectivity index (χ4n) is 2.64. The second-order valence-electron chi connectivity index (χ2n) is 7.20. The first kappa shape index (κ1) is 19.9. The van der Waals surface area contributed by atoms with E-state index in [1.165, 1.54) is 77.5 Å². The molecule has 0 aromatic heterocycles. The molecule has 0 radical (unpaired) electrons. The fourth-order valence-corrected chi connectivity index (χ4v) is 2.64. The number of rotatable bonds is 14. The van der Waals surface area contributed by atoms with Crippen LogP contribution in [0.15, 0.2) is 0 Å². The summed E-state index contributed by atoms with van der Waals surface area (Å²) < 4.78 is 0. The van der Waals surface area contributed by atoms with Gasteiger partial charge < -0.3 is 14.7 Å². The molecule has 3 N–H and O–H groups in total. The van der Waals surface area contributed by atoms with Gasteiger partial charge in [-0.2, -0.15) is 0 Å². The summed E-state index contributed by atoms with van der Waals surface area (Å²) in [5.74, 6) is 0. The summed E-state index contributed by atoms with van der Waals surface area (Å²) in [5, 5.41) is 0. The van der Waals surface area contributed by atoms with Crippen LogP contribution in [-0.4, -0.2) is 61.4 Å². The average Bonchev–Trinajstić information content (AvgIpc) is 2.37. The molecule has 0 fully saturated rings. The van der Waals surface area contributed by atoms with Gasteiger partial charge in [0, 0.05) is 0 Å². The molecule has 0 aliphatic heterocycles. The predicted molar refractivity (Wildman–Crippen MR) is 88.9 cm³/mol. The highest BCUT2D eigenvalue weighted by Gasteiger charge is 2.02. The van der Waals surface area contributed by atoms with Crippen LogP contribution < -0.4 is 14.7 Å². The average molecular weight is 289 g/mol. The largest absolute Gasteiger partial charge is 0.340 e. The van der Waals surface area contributed by atoms with Crippen LogP contribution in [-0.2, 0) is 0 Å². The van der Waals surface area contributed by atoms with Crippen LogP contribution in [0.2, 0.25) is 0 Å². The van der Waals surface area contributed by atoms with Crippen molar-refractivity contribution in [2.24, 2.45) is 0 Å². The maximum Gasteiger partial charge on any atom is 0.0768 e. The van der Waals surface area contributed by atoms with E-state index < -0.39 is 0 Å². The molecule has 20 heavy (non-hydrogen) atoms. The van der Waals surface area contributed by atoms with Gasteiger partial charge in [-0.05, 0) is 51.4 Å². The fraction of sp³-hybridized carbons (Fsp3) is 1.00. The minimum Gasteiger partial charge on any atom is -0.340 e. The standard InChI is InChI=1S/C17H39N3/c1-18(2)14-10-6-8-12-16-20(5)17-13-9-7-11-15-19(3)4/h6-17H2,1-5H3/p+3. The molecular weight excluding hydrogens is 246 g/mol. The van der Waals surface area contributed by atoms with Crippen LogP contribution in [0.25, 0.3) is 0 Å². The number of nitrogens with one attached hydrogen (secondary N) is 3. The lowest BCUT2D eigenvalue weighted by Crippen LogP contribution is -3.09. The monoisotopic (exact) mass is 288 g/mol. The van der Waals surface area contributed by atoms with E-state index in [0.29, 0.717) is 0 Å². The molecule has 0 amide bonds. The van der Waals surface area contributed by atoms with Gasteiger partial charge in [-0.15, -0.1) is 0 Å². The van der Waals surface area contributed by atoms with Gasteiger partial charge in [0.05, 0.1) is 61.4 Å². The molecule has 0 saturated heterocycles. The van der Waals surface area contributed by atoms with Crippen LogP contribution in [0.1, 0.15) is 51.4 Å². The van der Waals surface area contributed by atoms with Crippen molar-refractivity contribution in [1.29, 1.82) is 0 Å². The van der Waals surface area contributed by atoms with E-state index in [-0.39, 0.29) is 0 Å². The molecule has 0 aliphatic rings. The van der Waals surface area contributed by atoms with Crippen molar-refractivity contribution in [3.05, 3.63) is 0 Å². The molecule has 0 saturated carbocycles. The Kier molecular flexibility index (Phi) is 13.8. The lowest BCUT2D eigenvalue weighted by Gasteiger charge is -2.14. The summed E-state index contributed by atoms with van der Waals surface area (Å²) in [6.45, 7) is 5.40. The summed E-state index contributed by atoms with van der Waals surface area (Å²) in [4.78, 5) is 4.91. The van der Waals surface area contributed by atoms with Crippen LogP contribution >= 0.6 is 0 Å². The van der Waals surface area contributed by atoms with Gasteiger partial charge in [-0.1, -0.05) is 0 Å². The molecule has 122 valence electrons. The zero-order valence-corrected chi connectivity index (χ0v) is 15.0. The topological polar surface area (TPSA) is 13.3 Å². The highest BCUT2D eigenvalue weighted by molar-refractivity contribution is 4.43. The number of hydrogen-bond donors (Lipinski definition) is 3. The molecule has 0 aromatic carbocycles. The zero-order valence-electron chi connectivity index (χ0n) is 15.0. The maximum atomic E-state index is 2.37. The third kappa shape index (κ3) is 15.9. The highest BCUT2D eigenvalue weighted by atomic mass is 15.1. The third-order valence-electron chi connectivity index (χ3n) is 4.06. The summed E-state index contributed by atoms with van der Waals surface area (Å²) in [7, 11) is 11.4. The Morgan fingerprint density at radius 3 is 1.00 bits per heavy atom. The minimum absolute atomic E-state index is 1.33. The van der Waals surface area contributed by atoms with Crippen LogP contribution in [0.3, 0.4) is 0 Å². The van der Waals surface area contributed by atoms with Crippen molar-refractivity contribution >= 4 is 0 Å². The summed E-state index contributed by atoms with van der Waals surface area (Å²) in [5.41, 5.74) is 0. The Bertz CT molecular complexity index is 173. The first-order valence-corrected chi connectivity index (χ1v) is 8.91. The summed E-state index contributed by atoms with van der Waals surface area (Å²) in [6, 6.07) is 0. The highest BCUT2D eigenvalue weighted by Crippen LogP contribution is 1.97. The lowest BCUT2D eigenvalue weighted by atomic mass is 10.1. The first-order valence-electron chi connectivity index (χ1n) is 8.91. The quantitative estimate of drug-likeness (QED) is 0.336. The third-order valence-corrected chi connectivity index (χ3v) is 4.06. The summed E-state index contributed by atoms with van der Waals surface area (Å²) in [6.07, 6.45) is 11.3. The van der Waals surface area contributed by atoms with Crippen LogP contribution in [0.5, 0.6) is 0 Å². The second kappa shape index (κ2) is 13.8. The van der Waals surface area contributed by atoms with Gasteiger partial charge in [-0.25, -0.2) is 0 Å². The van der Waals surface area contributed by atoms with Gasteiger partial charge in [0.25, 0.3) is 0 Å². The second-order valence-corrected chi connectivity index (χ2v) is 7.20. The molecule has 0 unspecified atom stereocenters. The van der Waals surface area contributed by atoms with E-state index in [1.54, 1.807) is 14.7 Å². The molecule has 3 heteroatoms. The van der Waals surface area contributed by atoms with E-state index in [2.05, 4.69) is 35.2 Å². The Morgan fingerprint density at radius 2 is 0.700 bits per heavy atom. The SMILES string of the molecule is C[NH+](C)CCCCCC[NH+](C)CCCCCC[NH+](C)C. The number of quaternary nitrogens is 3. The van der Waals surface area contributed by atoms with Gasteiger partial charge in [0.15, 0.2) is 0 Å². The molecule has 3 nitrogen and oxygen atoms in total. The van der Waals surface area contributed by atoms with E-state index in [9.17, 15) is 0 Å². The van der Waals surface area contributed by atoms with Crippen LogP contribution in [0.4, 0.5) is 0 Å². The van der Waals surface area contributed by atoms with Gasteiger partial charge in [0.1, 0.15) is 0 Å².